The van der Waals surface area contributed by atoms with Crippen LogP contribution in [0.2, 0.25) is 0 Å². The van der Waals surface area contributed by atoms with Crippen molar-refractivity contribution in [3.8, 4) is 0 Å². The molecule has 0 N–H and O–H groups in total. The molecule has 2 heterocycles. The summed E-state index contributed by atoms with van der Waals surface area (Å²) >= 11 is 5.65. The lowest BCUT2D eigenvalue weighted by Gasteiger charge is -2.28. The predicted molar refractivity (Wildman–Crippen MR) is 85.2 cm³/mol. The molecule has 1 aliphatic rings. The van der Waals surface area contributed by atoms with Gasteiger partial charge in [0.05, 0.1) is 5.25 Å². The molecule has 2 atom stereocenters. The van der Waals surface area contributed by atoms with Crippen molar-refractivity contribution in [2.75, 3.05) is 11.5 Å². The van der Waals surface area contributed by atoms with Gasteiger partial charge in [-0.3, -0.25) is 4.79 Å². The maximum Gasteiger partial charge on any atom is 0.152 e. The summed E-state index contributed by atoms with van der Waals surface area (Å²) in [5.74, 6) is 2.76. The summed E-state index contributed by atoms with van der Waals surface area (Å²) < 4.78 is 0. The van der Waals surface area contributed by atoms with Crippen LogP contribution in [0, 0.1) is 0 Å². The van der Waals surface area contributed by atoms with E-state index in [1.807, 2.05) is 23.5 Å². The molecule has 1 nitrogen and oxygen atoms in total. The molecule has 2 unspecified atom stereocenters. The van der Waals surface area contributed by atoms with Gasteiger partial charge in [0.15, 0.2) is 5.78 Å². The molecule has 100 valence electrons. The number of Topliss-reactive ketones (excluding diaryl/α,β-unsaturated/α-hetero) is 1. The molecule has 0 amide bonds. The zero-order valence-electron chi connectivity index (χ0n) is 11.0. The van der Waals surface area contributed by atoms with Gasteiger partial charge in [-0.1, -0.05) is 13.8 Å². The molecule has 1 saturated heterocycles. The Balaban J connectivity index is 1.97. The van der Waals surface area contributed by atoms with Crippen LogP contribution in [0.15, 0.2) is 12.1 Å². The maximum absolute atomic E-state index is 12.4. The van der Waals surface area contributed by atoms with Crippen molar-refractivity contribution < 1.29 is 4.79 Å². The zero-order chi connectivity index (χ0) is 13.0. The molecule has 1 fully saturated rings. The highest BCUT2D eigenvalue weighted by Crippen LogP contribution is 2.34. The van der Waals surface area contributed by atoms with E-state index in [1.54, 1.807) is 11.3 Å². The number of rotatable bonds is 5. The highest BCUT2D eigenvalue weighted by molar-refractivity contribution is 8.07. The summed E-state index contributed by atoms with van der Waals surface area (Å²) in [7, 11) is 0. The number of carbonyl (C=O) groups excluding carboxylic acids is 1. The van der Waals surface area contributed by atoms with Gasteiger partial charge in [0.1, 0.15) is 0 Å². The van der Waals surface area contributed by atoms with Gasteiger partial charge in [0.25, 0.3) is 0 Å². The van der Waals surface area contributed by atoms with Gasteiger partial charge in [-0.25, -0.2) is 0 Å². The second-order valence-corrected chi connectivity index (χ2v) is 8.32. The van der Waals surface area contributed by atoms with Crippen molar-refractivity contribution in [3.63, 3.8) is 0 Å². The highest BCUT2D eigenvalue weighted by atomic mass is 32.2. The number of carbonyl (C=O) groups is 1. The van der Waals surface area contributed by atoms with E-state index in [0.717, 1.165) is 18.6 Å². The van der Waals surface area contributed by atoms with Crippen molar-refractivity contribution in [1.29, 1.82) is 0 Å². The molecule has 0 saturated carbocycles. The highest BCUT2D eigenvalue weighted by Gasteiger charge is 2.30. The second-order valence-electron chi connectivity index (χ2n) is 4.47. The normalized spacial score (nSPS) is 24.1. The number of ketones is 1. The van der Waals surface area contributed by atoms with Gasteiger partial charge >= 0.3 is 0 Å². The standard InChI is InChI=1S/C14H20OS3/c1-3-10-5-6-11(18-10)9-12(15)14-13(4-2)16-7-8-17-14/h5-6,13-14H,3-4,7-9H2,1-2H3. The molecule has 1 aromatic rings. The Morgan fingerprint density at radius 1 is 1.22 bits per heavy atom. The molecule has 2 rings (SSSR count). The van der Waals surface area contributed by atoms with E-state index < -0.39 is 0 Å². The summed E-state index contributed by atoms with van der Waals surface area (Å²) in [5, 5.41) is 0.753. The lowest BCUT2D eigenvalue weighted by Crippen LogP contribution is -2.33. The smallest absolute Gasteiger partial charge is 0.152 e. The molecule has 0 aliphatic carbocycles. The first-order valence-electron chi connectivity index (χ1n) is 6.58. The van der Waals surface area contributed by atoms with Crippen molar-refractivity contribution in [2.45, 2.75) is 43.6 Å². The number of hydrogen-bond donors (Lipinski definition) is 0. The first-order chi connectivity index (χ1) is 8.74. The lowest BCUT2D eigenvalue weighted by atomic mass is 10.1. The van der Waals surface area contributed by atoms with Crippen LogP contribution in [0.3, 0.4) is 0 Å². The summed E-state index contributed by atoms with van der Waals surface area (Å²) in [6.45, 7) is 4.36. The lowest BCUT2D eigenvalue weighted by molar-refractivity contribution is -0.117. The predicted octanol–water partition coefficient (Wildman–Crippen LogP) is 4.05. The topological polar surface area (TPSA) is 17.1 Å². The van der Waals surface area contributed by atoms with E-state index in [0.29, 0.717) is 17.5 Å². The fourth-order valence-corrected chi connectivity index (χ4v) is 6.19. The number of hydrogen-bond acceptors (Lipinski definition) is 4. The van der Waals surface area contributed by atoms with Gasteiger partial charge in [-0.2, -0.15) is 11.8 Å². The summed E-state index contributed by atoms with van der Waals surface area (Å²) in [4.78, 5) is 15.0. The molecule has 1 aromatic heterocycles. The van der Waals surface area contributed by atoms with Crippen molar-refractivity contribution in [2.24, 2.45) is 0 Å². The maximum atomic E-state index is 12.4. The molecule has 1 aliphatic heterocycles. The number of thiophene rings is 1. The first-order valence-corrected chi connectivity index (χ1v) is 9.49. The number of aryl methyl sites for hydroxylation is 1. The van der Waals surface area contributed by atoms with Crippen LogP contribution in [-0.4, -0.2) is 27.8 Å². The molecule has 0 radical (unpaired) electrons. The summed E-state index contributed by atoms with van der Waals surface area (Å²) in [6, 6.07) is 4.29. The molecule has 18 heavy (non-hydrogen) atoms. The third-order valence-corrected chi connectivity index (χ3v) is 7.71. The Bertz CT molecular complexity index is 399. The third-order valence-electron chi connectivity index (χ3n) is 3.18. The molecule has 0 aromatic carbocycles. The van der Waals surface area contributed by atoms with E-state index in [2.05, 4.69) is 26.0 Å². The Hall–Kier alpha value is 0.0700. The van der Waals surface area contributed by atoms with Gasteiger partial charge in [-0.05, 0) is 25.0 Å². The third kappa shape index (κ3) is 3.55. The van der Waals surface area contributed by atoms with Gasteiger partial charge in [0, 0.05) is 32.9 Å². The molecule has 0 bridgehead atoms. The fraction of sp³-hybridized carbons (Fsp3) is 0.643. The largest absolute Gasteiger partial charge is 0.298 e. The quantitative estimate of drug-likeness (QED) is 0.816. The summed E-state index contributed by atoms with van der Waals surface area (Å²) in [5.41, 5.74) is 0. The summed E-state index contributed by atoms with van der Waals surface area (Å²) in [6.07, 6.45) is 2.82. The van der Waals surface area contributed by atoms with Crippen LogP contribution in [0.1, 0.15) is 30.0 Å². The minimum atomic E-state index is 0.223. The van der Waals surface area contributed by atoms with Crippen molar-refractivity contribution in [1.82, 2.24) is 0 Å². The Kier molecular flexibility index (Phi) is 5.64. The monoisotopic (exact) mass is 300 g/mol. The second kappa shape index (κ2) is 7.01. The average Bonchev–Trinajstić information content (AvgIpc) is 2.86. The Labute approximate surface area is 122 Å². The Morgan fingerprint density at radius 3 is 2.61 bits per heavy atom. The molecule has 4 heteroatoms. The number of thioether (sulfide) groups is 2. The zero-order valence-corrected chi connectivity index (χ0v) is 13.4. The molecular formula is C14H20OS3. The van der Waals surface area contributed by atoms with E-state index >= 15 is 0 Å². The minimum Gasteiger partial charge on any atom is -0.298 e. The van der Waals surface area contributed by atoms with Crippen LogP contribution in [0.4, 0.5) is 0 Å². The van der Waals surface area contributed by atoms with Crippen LogP contribution in [-0.2, 0) is 17.6 Å². The fourth-order valence-electron chi connectivity index (χ4n) is 2.18. The van der Waals surface area contributed by atoms with Gasteiger partial charge in [0.2, 0.25) is 0 Å². The van der Waals surface area contributed by atoms with E-state index in [1.165, 1.54) is 15.5 Å². The van der Waals surface area contributed by atoms with Crippen LogP contribution in [0.25, 0.3) is 0 Å². The SMILES string of the molecule is CCc1ccc(CC(=O)C2SCCSC2CC)s1. The Morgan fingerprint density at radius 2 is 1.94 bits per heavy atom. The van der Waals surface area contributed by atoms with Gasteiger partial charge in [-0.15, -0.1) is 23.1 Å². The first kappa shape index (κ1) is 14.5. The van der Waals surface area contributed by atoms with Crippen LogP contribution < -0.4 is 0 Å². The van der Waals surface area contributed by atoms with E-state index in [4.69, 9.17) is 0 Å². The van der Waals surface area contributed by atoms with Gasteiger partial charge < -0.3 is 0 Å². The van der Waals surface area contributed by atoms with E-state index in [9.17, 15) is 4.79 Å². The van der Waals surface area contributed by atoms with Crippen molar-refractivity contribution in [3.05, 3.63) is 21.9 Å². The molecular weight excluding hydrogens is 280 g/mol. The minimum absolute atomic E-state index is 0.223. The molecule has 0 spiro atoms. The van der Waals surface area contributed by atoms with Crippen molar-refractivity contribution >= 4 is 40.6 Å². The van der Waals surface area contributed by atoms with Crippen LogP contribution in [0.5, 0.6) is 0 Å². The average molecular weight is 301 g/mol. The van der Waals surface area contributed by atoms with E-state index in [-0.39, 0.29) is 5.25 Å². The van der Waals surface area contributed by atoms with Crippen LogP contribution >= 0.6 is 34.9 Å².